The van der Waals surface area contributed by atoms with Crippen molar-refractivity contribution in [3.05, 3.63) is 34.3 Å². The number of likely N-dealkylation sites (tertiary alicyclic amines) is 1. The normalized spacial score (nSPS) is 20.8. The molecule has 1 fully saturated rings. The van der Waals surface area contributed by atoms with E-state index in [2.05, 4.69) is 64.3 Å². The lowest BCUT2D eigenvalue weighted by molar-refractivity contribution is 0.298. The van der Waals surface area contributed by atoms with Crippen molar-refractivity contribution in [2.24, 2.45) is 5.92 Å². The van der Waals surface area contributed by atoms with Crippen molar-refractivity contribution in [2.45, 2.75) is 45.6 Å². The van der Waals surface area contributed by atoms with E-state index in [1.165, 1.54) is 55.4 Å². The number of nitrogens with one attached hydrogen (secondary N) is 1. The van der Waals surface area contributed by atoms with Crippen LogP contribution in [0, 0.1) is 5.92 Å². The van der Waals surface area contributed by atoms with Crippen LogP contribution >= 0.6 is 15.9 Å². The van der Waals surface area contributed by atoms with Gasteiger partial charge in [0.15, 0.2) is 0 Å². The summed E-state index contributed by atoms with van der Waals surface area (Å²) in [6.07, 6.45) is 5.11. The molecule has 2 unspecified atom stereocenters. The average Bonchev–Trinajstić information content (AvgIpc) is 2.95. The van der Waals surface area contributed by atoms with Gasteiger partial charge < -0.3 is 10.2 Å². The number of rotatable bonds is 8. The fourth-order valence-corrected chi connectivity index (χ4v) is 3.61. The maximum Gasteiger partial charge on any atom is 0.0332 e. The van der Waals surface area contributed by atoms with E-state index in [9.17, 15) is 0 Å². The summed E-state index contributed by atoms with van der Waals surface area (Å²) in [6, 6.07) is 9.22. The fraction of sp³-hybridized carbons (Fsp3) is 0.667. The molecule has 0 aliphatic carbocycles. The molecule has 1 heterocycles. The molecule has 0 bridgehead atoms. The predicted octanol–water partition coefficient (Wildman–Crippen LogP) is 4.61. The lowest BCUT2D eigenvalue weighted by Crippen LogP contribution is -2.29. The first-order valence-electron chi connectivity index (χ1n) is 8.44. The zero-order chi connectivity index (χ0) is 15.1. The summed E-state index contributed by atoms with van der Waals surface area (Å²) >= 11 is 3.60. The second kappa shape index (κ2) is 8.92. The maximum atomic E-state index is 3.71. The minimum atomic E-state index is 0.475. The van der Waals surface area contributed by atoms with Crippen molar-refractivity contribution in [3.8, 4) is 0 Å². The first-order valence-corrected chi connectivity index (χ1v) is 9.23. The topological polar surface area (TPSA) is 15.3 Å². The molecule has 2 atom stereocenters. The van der Waals surface area contributed by atoms with E-state index in [-0.39, 0.29) is 0 Å². The number of nitrogens with zero attached hydrogens (tertiary/aromatic N) is 1. The zero-order valence-corrected chi connectivity index (χ0v) is 15.0. The van der Waals surface area contributed by atoms with Crippen LogP contribution in [-0.2, 0) is 0 Å². The first kappa shape index (κ1) is 17.0. The van der Waals surface area contributed by atoms with Crippen molar-refractivity contribution in [1.29, 1.82) is 0 Å². The number of halogens is 1. The Morgan fingerprint density at radius 2 is 2.24 bits per heavy atom. The van der Waals surface area contributed by atoms with Crippen molar-refractivity contribution in [1.82, 2.24) is 10.2 Å². The van der Waals surface area contributed by atoms with Gasteiger partial charge in [0.05, 0.1) is 0 Å². The smallest absolute Gasteiger partial charge is 0.0332 e. The quantitative estimate of drug-likeness (QED) is 0.734. The molecule has 0 spiro atoms. The third-order valence-electron chi connectivity index (χ3n) is 4.57. The van der Waals surface area contributed by atoms with Crippen molar-refractivity contribution in [2.75, 3.05) is 26.2 Å². The summed E-state index contributed by atoms with van der Waals surface area (Å²) in [5.41, 5.74) is 1.41. The summed E-state index contributed by atoms with van der Waals surface area (Å²) < 4.78 is 1.18. The average molecular weight is 353 g/mol. The van der Waals surface area contributed by atoms with E-state index < -0.39 is 0 Å². The molecule has 0 saturated carbocycles. The Labute approximate surface area is 138 Å². The molecule has 2 nitrogen and oxygen atoms in total. The van der Waals surface area contributed by atoms with Gasteiger partial charge in [0.25, 0.3) is 0 Å². The second-order valence-electron chi connectivity index (χ2n) is 6.21. The Bertz CT molecular complexity index is 421. The van der Waals surface area contributed by atoms with Gasteiger partial charge in [-0.3, -0.25) is 0 Å². The van der Waals surface area contributed by atoms with E-state index in [1.54, 1.807) is 0 Å². The third-order valence-corrected chi connectivity index (χ3v) is 5.07. The molecule has 1 aromatic rings. The highest BCUT2D eigenvalue weighted by Gasteiger charge is 2.21. The molecule has 0 radical (unpaired) electrons. The molecule has 118 valence electrons. The molecule has 2 rings (SSSR count). The molecular weight excluding hydrogens is 324 g/mol. The summed E-state index contributed by atoms with van der Waals surface area (Å²) in [5, 5.41) is 3.71. The van der Waals surface area contributed by atoms with Crippen LogP contribution in [0.25, 0.3) is 0 Å². The summed E-state index contributed by atoms with van der Waals surface area (Å²) in [6.45, 7) is 9.45. The van der Waals surface area contributed by atoms with Gasteiger partial charge >= 0.3 is 0 Å². The number of benzene rings is 1. The minimum Gasteiger partial charge on any atom is -0.310 e. The molecular formula is C18H29BrN2. The van der Waals surface area contributed by atoms with E-state index in [0.717, 1.165) is 12.5 Å². The molecule has 1 saturated heterocycles. The fourth-order valence-electron chi connectivity index (χ4n) is 3.19. The van der Waals surface area contributed by atoms with Crippen LogP contribution in [0.3, 0.4) is 0 Å². The molecule has 1 aliphatic rings. The van der Waals surface area contributed by atoms with E-state index in [1.807, 2.05) is 0 Å². The van der Waals surface area contributed by atoms with Crippen LogP contribution in [0.2, 0.25) is 0 Å². The van der Waals surface area contributed by atoms with Crippen LogP contribution in [0.15, 0.2) is 28.7 Å². The monoisotopic (exact) mass is 352 g/mol. The van der Waals surface area contributed by atoms with Crippen LogP contribution in [-0.4, -0.2) is 31.1 Å². The van der Waals surface area contributed by atoms with E-state index >= 15 is 0 Å². The maximum absolute atomic E-state index is 3.71. The molecule has 1 aliphatic heterocycles. The van der Waals surface area contributed by atoms with Gasteiger partial charge in [0.1, 0.15) is 0 Å². The molecule has 1 aromatic carbocycles. The summed E-state index contributed by atoms with van der Waals surface area (Å²) in [7, 11) is 0. The highest BCUT2D eigenvalue weighted by Crippen LogP contribution is 2.24. The molecule has 0 aromatic heterocycles. The van der Waals surface area contributed by atoms with Crippen molar-refractivity contribution < 1.29 is 0 Å². The largest absolute Gasteiger partial charge is 0.310 e. The SMILES string of the molecule is CCCNC(CCN1CCC(CC)C1)c1cccc(Br)c1. The standard InChI is InChI=1S/C18H29BrN2/c1-3-10-20-18(16-6-5-7-17(19)13-16)9-12-21-11-8-15(4-2)14-21/h5-7,13,15,18,20H,3-4,8-12,14H2,1-2H3. The van der Waals surface area contributed by atoms with Crippen LogP contribution in [0.4, 0.5) is 0 Å². The Morgan fingerprint density at radius 3 is 2.90 bits per heavy atom. The molecule has 0 amide bonds. The van der Waals surface area contributed by atoms with Crippen molar-refractivity contribution in [3.63, 3.8) is 0 Å². The van der Waals surface area contributed by atoms with Gasteiger partial charge in [-0.25, -0.2) is 0 Å². The van der Waals surface area contributed by atoms with Gasteiger partial charge in [0.2, 0.25) is 0 Å². The second-order valence-corrected chi connectivity index (χ2v) is 7.13. The highest BCUT2D eigenvalue weighted by molar-refractivity contribution is 9.10. The lowest BCUT2D eigenvalue weighted by Gasteiger charge is -2.23. The third kappa shape index (κ3) is 5.39. The summed E-state index contributed by atoms with van der Waals surface area (Å²) in [5.74, 6) is 0.929. The summed E-state index contributed by atoms with van der Waals surface area (Å²) in [4.78, 5) is 2.65. The molecule has 21 heavy (non-hydrogen) atoms. The minimum absolute atomic E-state index is 0.475. The van der Waals surface area contributed by atoms with Gasteiger partial charge in [0, 0.05) is 17.1 Å². The van der Waals surface area contributed by atoms with E-state index in [0.29, 0.717) is 6.04 Å². The molecule has 3 heteroatoms. The Hall–Kier alpha value is -0.380. The van der Waals surface area contributed by atoms with Crippen LogP contribution in [0.1, 0.15) is 51.1 Å². The van der Waals surface area contributed by atoms with Crippen LogP contribution in [0.5, 0.6) is 0 Å². The van der Waals surface area contributed by atoms with Gasteiger partial charge in [-0.2, -0.15) is 0 Å². The predicted molar refractivity (Wildman–Crippen MR) is 94.6 cm³/mol. The lowest BCUT2D eigenvalue weighted by atomic mass is 10.0. The zero-order valence-electron chi connectivity index (χ0n) is 13.4. The highest BCUT2D eigenvalue weighted by atomic mass is 79.9. The Balaban J connectivity index is 1.90. The van der Waals surface area contributed by atoms with E-state index in [4.69, 9.17) is 0 Å². The van der Waals surface area contributed by atoms with Gasteiger partial charge in [-0.15, -0.1) is 0 Å². The number of hydrogen-bond donors (Lipinski definition) is 1. The van der Waals surface area contributed by atoms with Crippen molar-refractivity contribution >= 4 is 15.9 Å². The first-order chi connectivity index (χ1) is 10.2. The Kier molecular flexibility index (Phi) is 7.21. The van der Waals surface area contributed by atoms with Gasteiger partial charge in [-0.05, 0) is 62.5 Å². The van der Waals surface area contributed by atoms with Gasteiger partial charge in [-0.1, -0.05) is 48.3 Å². The number of hydrogen-bond acceptors (Lipinski definition) is 2. The molecule has 1 N–H and O–H groups in total. The van der Waals surface area contributed by atoms with Crippen LogP contribution < -0.4 is 5.32 Å². The Morgan fingerprint density at radius 1 is 1.38 bits per heavy atom.